The molecular weight excluding hydrogens is 647 g/mol. The van der Waals surface area contributed by atoms with Crippen molar-refractivity contribution in [3.63, 3.8) is 0 Å². The topological polar surface area (TPSA) is 149 Å². The van der Waals surface area contributed by atoms with E-state index in [0.717, 1.165) is 77.0 Å². The van der Waals surface area contributed by atoms with Gasteiger partial charge in [0.05, 0.1) is 26.4 Å². The molecule has 0 aliphatic rings. The van der Waals surface area contributed by atoms with Gasteiger partial charge in [-0.25, -0.2) is 4.57 Å². The van der Waals surface area contributed by atoms with E-state index in [1.165, 1.54) is 51.4 Å². The van der Waals surface area contributed by atoms with Crippen LogP contribution in [0.2, 0.25) is 0 Å². The number of esters is 2. The Morgan fingerprint density at radius 2 is 0.837 bits per heavy atom. The Labute approximate surface area is 298 Å². The Balaban J connectivity index is 4.00. The van der Waals surface area contributed by atoms with Crippen LogP contribution in [0.1, 0.15) is 168 Å². The van der Waals surface area contributed by atoms with E-state index >= 15 is 0 Å². The quantitative estimate of drug-likeness (QED) is 0.0248. The van der Waals surface area contributed by atoms with Crippen LogP contribution in [0.4, 0.5) is 0 Å². The summed E-state index contributed by atoms with van der Waals surface area (Å²) < 4.78 is 32.4. The van der Waals surface area contributed by atoms with Gasteiger partial charge in [-0.1, -0.05) is 115 Å². The first-order chi connectivity index (χ1) is 23.8. The summed E-state index contributed by atoms with van der Waals surface area (Å²) in [5.41, 5.74) is 0. The zero-order valence-corrected chi connectivity index (χ0v) is 31.8. The van der Waals surface area contributed by atoms with Crippen LogP contribution in [-0.2, 0) is 32.7 Å². The molecule has 0 saturated carbocycles. The Hall–Kier alpha value is -1.55. The van der Waals surface area contributed by atoms with Crippen molar-refractivity contribution in [2.45, 2.75) is 180 Å². The molecule has 0 fully saturated rings. The molecule has 0 radical (unpaired) electrons. The predicted octanol–water partition coefficient (Wildman–Crippen LogP) is 9.44. The molecule has 3 N–H and O–H groups in total. The van der Waals surface area contributed by atoms with E-state index in [1.807, 2.05) is 0 Å². The molecular formula is C38H71O10P. The number of phosphoric acid groups is 1. The zero-order chi connectivity index (χ0) is 36.3. The molecule has 288 valence electrons. The maximum Gasteiger partial charge on any atom is 0.472 e. The summed E-state index contributed by atoms with van der Waals surface area (Å²) in [6.45, 7) is 2.14. The standard InChI is InChI=1S/C38H71O10P/c1-3-5-7-9-11-13-15-17-19-21-23-25-27-29-37(41)47-35(31-39)33-45-49(43,44)46-34-36(32-40)48-38(42)30-28-26-24-22-20-18-16-14-12-10-8-6-4-2/h13-16,35-36,39-40H,3-12,17-34H2,1-2H3,(H,43,44)/b15-13-,16-14-. The molecule has 49 heavy (non-hydrogen) atoms. The third-order valence-electron chi connectivity index (χ3n) is 8.14. The molecule has 0 aromatic carbocycles. The van der Waals surface area contributed by atoms with Gasteiger partial charge in [0, 0.05) is 12.8 Å². The minimum atomic E-state index is -4.63. The van der Waals surface area contributed by atoms with Crippen molar-refractivity contribution in [2.24, 2.45) is 0 Å². The summed E-state index contributed by atoms with van der Waals surface area (Å²) in [5, 5.41) is 19.1. The van der Waals surface area contributed by atoms with Crippen LogP contribution in [0, 0.1) is 0 Å². The molecule has 10 nitrogen and oxygen atoms in total. The van der Waals surface area contributed by atoms with Gasteiger partial charge in [-0.05, 0) is 64.2 Å². The SMILES string of the molecule is CCCCCC/C=C\CCCCCCCC(=O)OC(CO)COP(=O)(O)OCC(CO)OC(=O)CCCCCCC/C=C\CCCCCC. The predicted molar refractivity (Wildman–Crippen MR) is 196 cm³/mol. The van der Waals surface area contributed by atoms with Crippen molar-refractivity contribution >= 4 is 19.8 Å². The average molecular weight is 719 g/mol. The summed E-state index contributed by atoms with van der Waals surface area (Å²) in [5.74, 6) is -1.04. The van der Waals surface area contributed by atoms with Crippen LogP contribution in [0.3, 0.4) is 0 Å². The van der Waals surface area contributed by atoms with Crippen molar-refractivity contribution in [1.82, 2.24) is 0 Å². The van der Waals surface area contributed by atoms with E-state index in [2.05, 4.69) is 38.2 Å². The molecule has 2 unspecified atom stereocenters. The monoisotopic (exact) mass is 718 g/mol. The summed E-state index contributed by atoms with van der Waals surface area (Å²) in [6.07, 6.45) is 31.5. The number of aliphatic hydroxyl groups is 2. The molecule has 2 atom stereocenters. The highest BCUT2D eigenvalue weighted by molar-refractivity contribution is 7.47. The van der Waals surface area contributed by atoms with E-state index in [0.29, 0.717) is 12.8 Å². The lowest BCUT2D eigenvalue weighted by atomic mass is 10.1. The molecule has 0 aromatic heterocycles. The first-order valence-electron chi connectivity index (χ1n) is 19.3. The second kappa shape index (κ2) is 34.9. The number of carbonyl (C=O) groups is 2. The Bertz CT molecular complexity index is 813. The highest BCUT2D eigenvalue weighted by Gasteiger charge is 2.27. The molecule has 0 bridgehead atoms. The lowest BCUT2D eigenvalue weighted by Crippen LogP contribution is -2.28. The lowest BCUT2D eigenvalue weighted by Gasteiger charge is -2.20. The normalized spacial score (nSPS) is 14.3. The number of carbonyl (C=O) groups excluding carboxylic acids is 2. The Morgan fingerprint density at radius 1 is 0.531 bits per heavy atom. The molecule has 0 aliphatic heterocycles. The van der Waals surface area contributed by atoms with Crippen molar-refractivity contribution in [3.8, 4) is 0 Å². The van der Waals surface area contributed by atoms with Crippen molar-refractivity contribution in [1.29, 1.82) is 0 Å². The largest absolute Gasteiger partial charge is 0.472 e. The van der Waals surface area contributed by atoms with Crippen LogP contribution in [0.25, 0.3) is 0 Å². The van der Waals surface area contributed by atoms with Crippen molar-refractivity contribution < 1.29 is 47.8 Å². The van der Waals surface area contributed by atoms with Gasteiger partial charge in [0.1, 0.15) is 12.2 Å². The van der Waals surface area contributed by atoms with E-state index in [-0.39, 0.29) is 12.8 Å². The maximum absolute atomic E-state index is 12.3. The smallest absolute Gasteiger partial charge is 0.457 e. The molecule has 0 amide bonds. The zero-order valence-electron chi connectivity index (χ0n) is 30.9. The van der Waals surface area contributed by atoms with Gasteiger partial charge in [-0.2, -0.15) is 0 Å². The van der Waals surface area contributed by atoms with Gasteiger partial charge in [0.2, 0.25) is 0 Å². The summed E-state index contributed by atoms with van der Waals surface area (Å²) >= 11 is 0. The fourth-order valence-electron chi connectivity index (χ4n) is 5.10. The van der Waals surface area contributed by atoms with Crippen molar-refractivity contribution in [3.05, 3.63) is 24.3 Å². The summed E-state index contributed by atoms with van der Waals surface area (Å²) in [7, 11) is -4.63. The van der Waals surface area contributed by atoms with Gasteiger partial charge in [-0.15, -0.1) is 0 Å². The second-order valence-electron chi connectivity index (χ2n) is 12.9. The number of aliphatic hydroxyl groups excluding tert-OH is 2. The van der Waals surface area contributed by atoms with Crippen LogP contribution in [0.15, 0.2) is 24.3 Å². The van der Waals surface area contributed by atoms with E-state index in [4.69, 9.17) is 18.5 Å². The molecule has 11 heteroatoms. The highest BCUT2D eigenvalue weighted by atomic mass is 31.2. The number of hydrogen-bond donors (Lipinski definition) is 3. The van der Waals surface area contributed by atoms with Gasteiger partial charge in [-0.3, -0.25) is 18.6 Å². The molecule has 0 aliphatic carbocycles. The fourth-order valence-corrected chi connectivity index (χ4v) is 5.89. The summed E-state index contributed by atoms with van der Waals surface area (Å²) in [6, 6.07) is 0. The third kappa shape index (κ3) is 33.4. The van der Waals surface area contributed by atoms with Gasteiger partial charge >= 0.3 is 19.8 Å². The number of unbranched alkanes of at least 4 members (excludes halogenated alkanes) is 18. The Kier molecular flexibility index (Phi) is 33.8. The molecule has 0 rings (SSSR count). The second-order valence-corrected chi connectivity index (χ2v) is 14.4. The van der Waals surface area contributed by atoms with Gasteiger partial charge in [0.15, 0.2) is 0 Å². The lowest BCUT2D eigenvalue weighted by molar-refractivity contribution is -0.153. The maximum atomic E-state index is 12.3. The highest BCUT2D eigenvalue weighted by Crippen LogP contribution is 2.43. The van der Waals surface area contributed by atoms with E-state index in [9.17, 15) is 29.3 Å². The third-order valence-corrected chi connectivity index (χ3v) is 9.09. The number of ether oxygens (including phenoxy) is 2. The minimum Gasteiger partial charge on any atom is -0.457 e. The first-order valence-corrected chi connectivity index (χ1v) is 20.8. The number of allylic oxidation sites excluding steroid dienone is 4. The van der Waals surface area contributed by atoms with Crippen LogP contribution < -0.4 is 0 Å². The van der Waals surface area contributed by atoms with Gasteiger partial charge < -0.3 is 24.6 Å². The number of phosphoric ester groups is 1. The minimum absolute atomic E-state index is 0.182. The number of hydrogen-bond acceptors (Lipinski definition) is 9. The average Bonchev–Trinajstić information content (AvgIpc) is 3.09. The van der Waals surface area contributed by atoms with Crippen LogP contribution in [-0.4, -0.2) is 65.7 Å². The van der Waals surface area contributed by atoms with E-state index in [1.54, 1.807) is 0 Å². The van der Waals surface area contributed by atoms with Crippen LogP contribution >= 0.6 is 7.82 Å². The molecule has 0 saturated heterocycles. The van der Waals surface area contributed by atoms with Crippen molar-refractivity contribution in [2.75, 3.05) is 26.4 Å². The summed E-state index contributed by atoms with van der Waals surface area (Å²) in [4.78, 5) is 34.3. The Morgan fingerprint density at radius 3 is 1.16 bits per heavy atom. The van der Waals surface area contributed by atoms with E-state index < -0.39 is 58.4 Å². The molecule has 0 heterocycles. The van der Waals surface area contributed by atoms with Crippen LogP contribution in [0.5, 0.6) is 0 Å². The van der Waals surface area contributed by atoms with Gasteiger partial charge in [0.25, 0.3) is 0 Å². The molecule has 0 spiro atoms. The number of rotatable bonds is 36. The fraction of sp³-hybridized carbons (Fsp3) is 0.842. The first kappa shape index (κ1) is 47.4. The molecule has 0 aromatic rings.